The van der Waals surface area contributed by atoms with Gasteiger partial charge in [-0.05, 0) is 6.42 Å². The monoisotopic (exact) mass is 272 g/mol. The Morgan fingerprint density at radius 1 is 1.42 bits per heavy atom. The normalized spacial score (nSPS) is 10.7. The maximum atomic E-state index is 11.1. The number of methoxy groups -OCH3 is 1. The van der Waals surface area contributed by atoms with Crippen LogP contribution in [0.3, 0.4) is 0 Å². The highest BCUT2D eigenvalue weighted by Crippen LogP contribution is 2.27. The van der Waals surface area contributed by atoms with Gasteiger partial charge in [-0.25, -0.2) is 4.68 Å². The van der Waals surface area contributed by atoms with Crippen molar-refractivity contribution in [2.45, 2.75) is 13.3 Å². The van der Waals surface area contributed by atoms with E-state index in [9.17, 15) is 10.1 Å². The summed E-state index contributed by atoms with van der Waals surface area (Å²) < 4.78 is 11.6. The molecule has 0 unspecified atom stereocenters. The number of rotatable bonds is 9. The van der Waals surface area contributed by atoms with E-state index in [2.05, 4.69) is 10.4 Å². The number of hydrogen-bond donors (Lipinski definition) is 1. The van der Waals surface area contributed by atoms with E-state index >= 15 is 0 Å². The molecule has 1 aromatic rings. The van der Waals surface area contributed by atoms with Crippen LogP contribution < -0.4 is 5.32 Å². The summed E-state index contributed by atoms with van der Waals surface area (Å²) in [6.45, 7) is 3.81. The molecule has 0 spiro atoms. The third-order valence-electron chi connectivity index (χ3n) is 2.58. The van der Waals surface area contributed by atoms with E-state index in [-0.39, 0.29) is 5.69 Å². The number of hydrogen-bond acceptors (Lipinski definition) is 6. The van der Waals surface area contributed by atoms with Crippen molar-refractivity contribution in [1.29, 1.82) is 0 Å². The Hall–Kier alpha value is -1.67. The average Bonchev–Trinajstić information content (AvgIpc) is 2.70. The van der Waals surface area contributed by atoms with E-state index in [0.29, 0.717) is 44.3 Å². The number of anilines is 1. The highest BCUT2D eigenvalue weighted by molar-refractivity contribution is 5.59. The molecule has 1 aromatic heterocycles. The lowest BCUT2D eigenvalue weighted by atomic mass is 10.3. The molecule has 0 aliphatic rings. The van der Waals surface area contributed by atoms with Crippen LogP contribution in [0.5, 0.6) is 0 Å². The van der Waals surface area contributed by atoms with Gasteiger partial charge in [-0.1, -0.05) is 6.92 Å². The summed E-state index contributed by atoms with van der Waals surface area (Å²) in [5.74, 6) is 0.414. The summed E-state index contributed by atoms with van der Waals surface area (Å²) >= 11 is 0. The van der Waals surface area contributed by atoms with E-state index in [1.54, 1.807) is 14.2 Å². The molecular weight excluding hydrogens is 252 g/mol. The Kier molecular flexibility index (Phi) is 6.23. The molecule has 1 rings (SSSR count). The van der Waals surface area contributed by atoms with E-state index in [1.165, 1.54) is 4.68 Å². The first-order valence-electron chi connectivity index (χ1n) is 6.12. The van der Waals surface area contributed by atoms with Gasteiger partial charge in [-0.3, -0.25) is 10.1 Å². The molecule has 8 heteroatoms. The van der Waals surface area contributed by atoms with Crippen molar-refractivity contribution >= 4 is 11.5 Å². The van der Waals surface area contributed by atoms with Gasteiger partial charge in [-0.15, -0.1) is 0 Å². The second-order valence-electron chi connectivity index (χ2n) is 3.91. The third kappa shape index (κ3) is 4.18. The lowest BCUT2D eigenvalue weighted by Crippen LogP contribution is -2.14. The summed E-state index contributed by atoms with van der Waals surface area (Å²) in [5, 5.41) is 18.2. The molecule has 0 bridgehead atoms. The summed E-state index contributed by atoms with van der Waals surface area (Å²) in [6.07, 6.45) is 0.524. The Balaban J connectivity index is 2.57. The molecule has 0 aromatic carbocycles. The Bertz CT molecular complexity index is 419. The molecule has 1 heterocycles. The summed E-state index contributed by atoms with van der Waals surface area (Å²) in [6, 6.07) is 0. The highest BCUT2D eigenvalue weighted by Gasteiger charge is 2.24. The number of ether oxygens (including phenoxy) is 2. The zero-order chi connectivity index (χ0) is 14.3. The fourth-order valence-corrected chi connectivity index (χ4v) is 1.68. The minimum atomic E-state index is -0.403. The van der Waals surface area contributed by atoms with Crippen LogP contribution >= 0.6 is 0 Å². The Morgan fingerprint density at radius 2 is 2.16 bits per heavy atom. The van der Waals surface area contributed by atoms with Gasteiger partial charge in [0.2, 0.25) is 5.82 Å². The predicted octanol–water partition coefficient (Wildman–Crippen LogP) is 0.966. The van der Waals surface area contributed by atoms with Crippen molar-refractivity contribution in [3.63, 3.8) is 0 Å². The van der Waals surface area contributed by atoms with E-state index in [1.807, 2.05) is 6.92 Å². The maximum Gasteiger partial charge on any atom is 0.333 e. The number of aromatic nitrogens is 2. The van der Waals surface area contributed by atoms with Gasteiger partial charge >= 0.3 is 5.69 Å². The van der Waals surface area contributed by atoms with E-state index in [4.69, 9.17) is 9.47 Å². The van der Waals surface area contributed by atoms with Crippen LogP contribution in [0.1, 0.15) is 12.6 Å². The predicted molar refractivity (Wildman–Crippen MR) is 70.4 cm³/mol. The molecular formula is C11H20N4O4. The third-order valence-corrected chi connectivity index (χ3v) is 2.58. The van der Waals surface area contributed by atoms with Crippen molar-refractivity contribution in [3.05, 3.63) is 15.8 Å². The van der Waals surface area contributed by atoms with Crippen LogP contribution in [0, 0.1) is 10.1 Å². The van der Waals surface area contributed by atoms with Crippen molar-refractivity contribution < 1.29 is 14.4 Å². The van der Waals surface area contributed by atoms with Gasteiger partial charge in [0.1, 0.15) is 5.69 Å². The van der Waals surface area contributed by atoms with Gasteiger partial charge in [0.15, 0.2) is 0 Å². The van der Waals surface area contributed by atoms with Crippen molar-refractivity contribution in [2.75, 3.05) is 38.8 Å². The van der Waals surface area contributed by atoms with Crippen LogP contribution in [0.2, 0.25) is 0 Å². The summed E-state index contributed by atoms with van der Waals surface area (Å²) in [7, 11) is 3.28. The van der Waals surface area contributed by atoms with Crippen LogP contribution in [0.4, 0.5) is 11.5 Å². The Labute approximate surface area is 111 Å². The minimum absolute atomic E-state index is 0.0434. The van der Waals surface area contributed by atoms with Crippen molar-refractivity contribution in [1.82, 2.24) is 9.78 Å². The SMILES string of the molecule is CCc1nn(C)c(NCCOCCOC)c1[N+](=O)[O-]. The molecule has 108 valence electrons. The first-order chi connectivity index (χ1) is 9.11. The molecule has 0 radical (unpaired) electrons. The average molecular weight is 272 g/mol. The van der Waals surface area contributed by atoms with Crippen LogP contribution in [0.15, 0.2) is 0 Å². The van der Waals surface area contributed by atoms with Gasteiger partial charge in [0.05, 0.1) is 24.7 Å². The molecule has 8 nitrogen and oxygen atoms in total. The van der Waals surface area contributed by atoms with Crippen LogP contribution in [0.25, 0.3) is 0 Å². The number of aryl methyl sites for hydroxylation is 2. The molecule has 0 aliphatic heterocycles. The zero-order valence-corrected chi connectivity index (χ0v) is 11.5. The Morgan fingerprint density at radius 3 is 2.74 bits per heavy atom. The van der Waals surface area contributed by atoms with Gasteiger partial charge in [-0.2, -0.15) is 5.10 Å². The number of nitro groups is 1. The second-order valence-corrected chi connectivity index (χ2v) is 3.91. The number of nitrogens with zero attached hydrogens (tertiary/aromatic N) is 3. The topological polar surface area (TPSA) is 91.5 Å². The lowest BCUT2D eigenvalue weighted by molar-refractivity contribution is -0.384. The molecule has 0 saturated heterocycles. The minimum Gasteiger partial charge on any atom is -0.382 e. The number of nitrogens with one attached hydrogen (secondary N) is 1. The second kappa shape index (κ2) is 7.70. The van der Waals surface area contributed by atoms with Crippen LogP contribution in [-0.2, 0) is 22.9 Å². The first-order valence-corrected chi connectivity index (χ1v) is 6.12. The van der Waals surface area contributed by atoms with Gasteiger partial charge in [0, 0.05) is 20.7 Å². The molecule has 19 heavy (non-hydrogen) atoms. The standard InChI is InChI=1S/C11H20N4O4/c1-4-9-10(15(16)17)11(14(2)13-9)12-5-6-19-8-7-18-3/h12H,4-8H2,1-3H3. The quantitative estimate of drug-likeness (QED) is 0.409. The largest absolute Gasteiger partial charge is 0.382 e. The lowest BCUT2D eigenvalue weighted by Gasteiger charge is -2.06. The molecule has 0 fully saturated rings. The van der Waals surface area contributed by atoms with Gasteiger partial charge < -0.3 is 14.8 Å². The molecule has 0 amide bonds. The molecule has 0 aliphatic carbocycles. The first kappa shape index (κ1) is 15.4. The van der Waals surface area contributed by atoms with Crippen LogP contribution in [-0.4, -0.2) is 48.2 Å². The molecule has 0 saturated carbocycles. The fraction of sp³-hybridized carbons (Fsp3) is 0.727. The van der Waals surface area contributed by atoms with E-state index < -0.39 is 4.92 Å². The van der Waals surface area contributed by atoms with Crippen molar-refractivity contribution in [3.8, 4) is 0 Å². The fourth-order valence-electron chi connectivity index (χ4n) is 1.68. The summed E-state index contributed by atoms with van der Waals surface area (Å²) in [4.78, 5) is 10.7. The zero-order valence-electron chi connectivity index (χ0n) is 11.5. The maximum absolute atomic E-state index is 11.1. The summed E-state index contributed by atoms with van der Waals surface area (Å²) in [5.41, 5.74) is 0.525. The highest BCUT2D eigenvalue weighted by atomic mass is 16.6. The van der Waals surface area contributed by atoms with Crippen molar-refractivity contribution in [2.24, 2.45) is 7.05 Å². The molecule has 0 atom stereocenters. The smallest absolute Gasteiger partial charge is 0.333 e. The molecule has 1 N–H and O–H groups in total. The van der Waals surface area contributed by atoms with Gasteiger partial charge in [0.25, 0.3) is 0 Å². The van der Waals surface area contributed by atoms with E-state index in [0.717, 1.165) is 0 Å².